The normalized spacial score (nSPS) is 18.8. The molecule has 2 aromatic rings. The van der Waals surface area contributed by atoms with Crippen LogP contribution < -0.4 is 5.32 Å². The Bertz CT molecular complexity index is 548. The summed E-state index contributed by atoms with van der Waals surface area (Å²) in [6.45, 7) is 6.67. The van der Waals surface area contributed by atoms with E-state index in [2.05, 4.69) is 71.7 Å². The van der Waals surface area contributed by atoms with Crippen molar-refractivity contribution >= 4 is 5.69 Å². The van der Waals surface area contributed by atoms with E-state index in [0.717, 1.165) is 13.1 Å². The average molecular weight is 280 g/mol. The Balaban J connectivity index is 1.44. The van der Waals surface area contributed by atoms with E-state index in [0.29, 0.717) is 5.92 Å². The minimum absolute atomic E-state index is 0.713. The molecule has 0 amide bonds. The highest BCUT2D eigenvalue weighted by molar-refractivity contribution is 5.44. The van der Waals surface area contributed by atoms with Gasteiger partial charge in [0.2, 0.25) is 0 Å². The molecule has 2 nitrogen and oxygen atoms in total. The number of hydrogen-bond donors (Lipinski definition) is 1. The Morgan fingerprint density at radius 1 is 1.05 bits per heavy atom. The van der Waals surface area contributed by atoms with Gasteiger partial charge in [-0.15, -0.1) is 0 Å². The monoisotopic (exact) mass is 280 g/mol. The third-order valence-corrected chi connectivity index (χ3v) is 4.35. The fourth-order valence-corrected chi connectivity index (χ4v) is 3.06. The van der Waals surface area contributed by atoms with E-state index in [1.807, 2.05) is 0 Å². The van der Waals surface area contributed by atoms with Gasteiger partial charge in [-0.25, -0.2) is 0 Å². The third-order valence-electron chi connectivity index (χ3n) is 4.35. The molecule has 110 valence electrons. The molecule has 2 heteroatoms. The molecular formula is C19H24N2. The molecule has 0 radical (unpaired) electrons. The second-order valence-corrected chi connectivity index (χ2v) is 5.99. The SMILES string of the molecule is Cc1ccc(NCCN2CCC(c3ccccc3)C2)cc1. The summed E-state index contributed by atoms with van der Waals surface area (Å²) in [6, 6.07) is 19.6. The number of hydrogen-bond acceptors (Lipinski definition) is 2. The summed E-state index contributed by atoms with van der Waals surface area (Å²) in [4.78, 5) is 2.57. The van der Waals surface area contributed by atoms with Crippen molar-refractivity contribution in [3.05, 3.63) is 65.7 Å². The van der Waals surface area contributed by atoms with Crippen LogP contribution in [0.15, 0.2) is 54.6 Å². The molecule has 1 aliphatic rings. The summed E-state index contributed by atoms with van der Waals surface area (Å²) < 4.78 is 0. The van der Waals surface area contributed by atoms with E-state index in [1.54, 1.807) is 0 Å². The van der Waals surface area contributed by atoms with Crippen molar-refractivity contribution in [1.29, 1.82) is 0 Å². The highest BCUT2D eigenvalue weighted by atomic mass is 15.2. The Kier molecular flexibility index (Phi) is 4.56. The van der Waals surface area contributed by atoms with Gasteiger partial charge in [-0.1, -0.05) is 48.0 Å². The summed E-state index contributed by atoms with van der Waals surface area (Å²) >= 11 is 0. The van der Waals surface area contributed by atoms with E-state index in [1.165, 1.54) is 36.3 Å². The molecule has 1 heterocycles. The summed E-state index contributed by atoms with van der Waals surface area (Å²) in [6.07, 6.45) is 1.29. The molecule has 1 atom stereocenters. The van der Waals surface area contributed by atoms with Gasteiger partial charge in [0, 0.05) is 25.3 Å². The van der Waals surface area contributed by atoms with Gasteiger partial charge < -0.3 is 10.2 Å². The number of nitrogens with zero attached hydrogens (tertiary/aromatic N) is 1. The second-order valence-electron chi connectivity index (χ2n) is 5.99. The molecule has 0 spiro atoms. The first-order chi connectivity index (χ1) is 10.3. The molecule has 1 N–H and O–H groups in total. The third kappa shape index (κ3) is 3.85. The van der Waals surface area contributed by atoms with E-state index in [9.17, 15) is 0 Å². The standard InChI is InChI=1S/C19H24N2/c1-16-7-9-19(10-8-16)20-12-14-21-13-11-18(15-21)17-5-3-2-4-6-17/h2-10,18,20H,11-15H2,1H3. The van der Waals surface area contributed by atoms with Crippen molar-refractivity contribution in [3.8, 4) is 0 Å². The summed E-state index contributed by atoms with van der Waals surface area (Å²) in [7, 11) is 0. The molecule has 1 saturated heterocycles. The predicted molar refractivity (Wildman–Crippen MR) is 89.9 cm³/mol. The maximum Gasteiger partial charge on any atom is 0.0340 e. The quantitative estimate of drug-likeness (QED) is 0.893. The van der Waals surface area contributed by atoms with Crippen molar-refractivity contribution < 1.29 is 0 Å². The van der Waals surface area contributed by atoms with Gasteiger partial charge in [0.15, 0.2) is 0 Å². The molecule has 1 unspecified atom stereocenters. The Hall–Kier alpha value is -1.80. The minimum Gasteiger partial charge on any atom is -0.384 e. The number of rotatable bonds is 5. The molecule has 21 heavy (non-hydrogen) atoms. The van der Waals surface area contributed by atoms with Gasteiger partial charge in [-0.05, 0) is 43.5 Å². The van der Waals surface area contributed by atoms with Crippen LogP contribution >= 0.6 is 0 Å². The van der Waals surface area contributed by atoms with E-state index >= 15 is 0 Å². The van der Waals surface area contributed by atoms with Crippen LogP contribution in [-0.4, -0.2) is 31.1 Å². The van der Waals surface area contributed by atoms with E-state index in [4.69, 9.17) is 0 Å². The average Bonchev–Trinajstić information content (AvgIpc) is 2.99. The summed E-state index contributed by atoms with van der Waals surface area (Å²) in [5.74, 6) is 0.713. The topological polar surface area (TPSA) is 15.3 Å². The van der Waals surface area contributed by atoms with E-state index < -0.39 is 0 Å². The zero-order chi connectivity index (χ0) is 14.5. The number of benzene rings is 2. The molecule has 0 aliphatic carbocycles. The number of likely N-dealkylation sites (tertiary alicyclic amines) is 1. The van der Waals surface area contributed by atoms with Crippen LogP contribution in [0.4, 0.5) is 5.69 Å². The van der Waals surface area contributed by atoms with E-state index in [-0.39, 0.29) is 0 Å². The maximum atomic E-state index is 3.51. The molecule has 0 bridgehead atoms. The van der Waals surface area contributed by atoms with Crippen LogP contribution in [0.3, 0.4) is 0 Å². The lowest BCUT2D eigenvalue weighted by molar-refractivity contribution is 0.348. The molecule has 3 rings (SSSR count). The van der Waals surface area contributed by atoms with Crippen molar-refractivity contribution in [2.75, 3.05) is 31.5 Å². The van der Waals surface area contributed by atoms with Gasteiger partial charge in [0.05, 0.1) is 0 Å². The first-order valence-corrected chi connectivity index (χ1v) is 7.89. The number of nitrogens with one attached hydrogen (secondary N) is 1. The zero-order valence-corrected chi connectivity index (χ0v) is 12.8. The highest BCUT2D eigenvalue weighted by Crippen LogP contribution is 2.26. The molecule has 1 fully saturated rings. The summed E-state index contributed by atoms with van der Waals surface area (Å²) in [5, 5.41) is 3.51. The van der Waals surface area contributed by atoms with Gasteiger partial charge in [-0.3, -0.25) is 0 Å². The Morgan fingerprint density at radius 3 is 2.57 bits per heavy atom. The lowest BCUT2D eigenvalue weighted by Crippen LogP contribution is -2.26. The van der Waals surface area contributed by atoms with Gasteiger partial charge >= 0.3 is 0 Å². The van der Waals surface area contributed by atoms with Crippen LogP contribution in [0.2, 0.25) is 0 Å². The van der Waals surface area contributed by atoms with Crippen molar-refractivity contribution in [2.45, 2.75) is 19.3 Å². The molecule has 0 saturated carbocycles. The largest absolute Gasteiger partial charge is 0.384 e. The van der Waals surface area contributed by atoms with Crippen molar-refractivity contribution in [2.24, 2.45) is 0 Å². The van der Waals surface area contributed by atoms with Crippen LogP contribution in [0.25, 0.3) is 0 Å². The van der Waals surface area contributed by atoms with Gasteiger partial charge in [0.1, 0.15) is 0 Å². The van der Waals surface area contributed by atoms with Crippen LogP contribution in [0.5, 0.6) is 0 Å². The zero-order valence-electron chi connectivity index (χ0n) is 12.8. The lowest BCUT2D eigenvalue weighted by Gasteiger charge is -2.17. The van der Waals surface area contributed by atoms with Crippen molar-refractivity contribution in [1.82, 2.24) is 4.90 Å². The fraction of sp³-hybridized carbons (Fsp3) is 0.368. The van der Waals surface area contributed by atoms with Crippen LogP contribution in [0, 0.1) is 6.92 Å². The van der Waals surface area contributed by atoms with Crippen LogP contribution in [-0.2, 0) is 0 Å². The second kappa shape index (κ2) is 6.77. The minimum atomic E-state index is 0.713. The predicted octanol–water partition coefficient (Wildman–Crippen LogP) is 3.90. The summed E-state index contributed by atoms with van der Waals surface area (Å²) in [5.41, 5.74) is 4.02. The molecule has 0 aromatic heterocycles. The maximum absolute atomic E-state index is 3.51. The lowest BCUT2D eigenvalue weighted by atomic mass is 9.99. The van der Waals surface area contributed by atoms with Gasteiger partial charge in [0.25, 0.3) is 0 Å². The smallest absolute Gasteiger partial charge is 0.0340 e. The first-order valence-electron chi connectivity index (χ1n) is 7.89. The Labute approximate surface area is 127 Å². The highest BCUT2D eigenvalue weighted by Gasteiger charge is 2.22. The Morgan fingerprint density at radius 2 is 1.81 bits per heavy atom. The number of anilines is 1. The van der Waals surface area contributed by atoms with Crippen LogP contribution in [0.1, 0.15) is 23.5 Å². The van der Waals surface area contributed by atoms with Crippen molar-refractivity contribution in [3.63, 3.8) is 0 Å². The first kappa shape index (κ1) is 14.2. The molecule has 2 aromatic carbocycles. The fourth-order valence-electron chi connectivity index (χ4n) is 3.06. The van der Waals surface area contributed by atoms with Gasteiger partial charge in [-0.2, -0.15) is 0 Å². The molecule has 1 aliphatic heterocycles. The molecular weight excluding hydrogens is 256 g/mol. The number of aryl methyl sites for hydroxylation is 1.